The zero-order chi connectivity index (χ0) is 22.1. The van der Waals surface area contributed by atoms with E-state index in [1.54, 1.807) is 0 Å². The molecule has 1 N–H and O–H groups in total. The summed E-state index contributed by atoms with van der Waals surface area (Å²) in [6.45, 7) is 0.314. The van der Waals surface area contributed by atoms with Crippen LogP contribution in [0.4, 0.5) is 8.78 Å². The van der Waals surface area contributed by atoms with E-state index in [1.165, 1.54) is 37.8 Å². The van der Waals surface area contributed by atoms with E-state index in [2.05, 4.69) is 10.1 Å². The van der Waals surface area contributed by atoms with Gasteiger partial charge in [-0.1, -0.05) is 30.3 Å². The lowest BCUT2D eigenvalue weighted by Gasteiger charge is -2.18. The van der Waals surface area contributed by atoms with Crippen LogP contribution in [0.3, 0.4) is 0 Å². The fraction of sp³-hybridized carbons (Fsp3) is 0.364. The number of nitrogens with one attached hydrogen (secondary N) is 1. The quantitative estimate of drug-likeness (QED) is 0.588. The Bertz CT molecular complexity index is 845. The van der Waals surface area contributed by atoms with Crippen molar-refractivity contribution in [1.82, 2.24) is 5.32 Å². The Balaban J connectivity index is 1.88. The topological polar surface area (TPSA) is 73.9 Å². The highest BCUT2D eigenvalue weighted by Crippen LogP contribution is 2.29. The number of ether oxygens (including phenoxy) is 3. The molecule has 0 radical (unpaired) electrons. The van der Waals surface area contributed by atoms with Gasteiger partial charge < -0.3 is 19.5 Å². The monoisotopic (exact) mass is 421 g/mol. The van der Waals surface area contributed by atoms with Gasteiger partial charge >= 0.3 is 12.6 Å². The van der Waals surface area contributed by atoms with Gasteiger partial charge in [0.1, 0.15) is 0 Å². The third-order valence-electron chi connectivity index (χ3n) is 4.37. The number of aryl methyl sites for hydroxylation is 1. The van der Waals surface area contributed by atoms with Crippen LogP contribution in [0.15, 0.2) is 48.5 Å². The first-order valence-electron chi connectivity index (χ1n) is 9.48. The van der Waals surface area contributed by atoms with E-state index >= 15 is 0 Å². The molecule has 0 aliphatic carbocycles. The van der Waals surface area contributed by atoms with Gasteiger partial charge in [-0.15, -0.1) is 0 Å². The summed E-state index contributed by atoms with van der Waals surface area (Å²) in [6.07, 6.45) is 0.516. The van der Waals surface area contributed by atoms with Crippen LogP contribution >= 0.6 is 0 Å². The zero-order valence-electron chi connectivity index (χ0n) is 17.1. The minimum Gasteiger partial charge on any atom is -0.493 e. The van der Waals surface area contributed by atoms with Crippen molar-refractivity contribution in [2.75, 3.05) is 7.11 Å². The summed E-state index contributed by atoms with van der Waals surface area (Å²) >= 11 is 0. The summed E-state index contributed by atoms with van der Waals surface area (Å²) in [4.78, 5) is 24.6. The van der Waals surface area contributed by atoms with E-state index < -0.39 is 24.6 Å². The maximum atomic E-state index is 12.4. The largest absolute Gasteiger partial charge is 0.493 e. The van der Waals surface area contributed by atoms with Crippen LogP contribution in [-0.2, 0) is 16.0 Å². The zero-order valence-corrected chi connectivity index (χ0v) is 17.1. The summed E-state index contributed by atoms with van der Waals surface area (Å²) in [5.41, 5.74) is 1.22. The van der Waals surface area contributed by atoms with Gasteiger partial charge in [0, 0.05) is 6.04 Å². The van der Waals surface area contributed by atoms with Crippen molar-refractivity contribution in [3.63, 3.8) is 0 Å². The predicted octanol–water partition coefficient (Wildman–Crippen LogP) is 3.98. The number of alkyl halides is 2. The van der Waals surface area contributed by atoms with Crippen LogP contribution in [0.25, 0.3) is 0 Å². The van der Waals surface area contributed by atoms with E-state index in [0.29, 0.717) is 0 Å². The highest BCUT2D eigenvalue weighted by molar-refractivity contribution is 5.92. The molecular weight excluding hydrogens is 396 g/mol. The van der Waals surface area contributed by atoms with Crippen LogP contribution in [-0.4, -0.2) is 37.7 Å². The molecule has 0 aliphatic rings. The Morgan fingerprint density at radius 3 is 2.37 bits per heavy atom. The third-order valence-corrected chi connectivity index (χ3v) is 4.37. The van der Waals surface area contributed by atoms with Crippen LogP contribution in [0.1, 0.15) is 36.2 Å². The first-order valence-corrected chi connectivity index (χ1v) is 9.48. The second-order valence-electron chi connectivity index (χ2n) is 6.73. The van der Waals surface area contributed by atoms with Crippen LogP contribution in [0.2, 0.25) is 0 Å². The third kappa shape index (κ3) is 7.02. The molecule has 30 heavy (non-hydrogen) atoms. The van der Waals surface area contributed by atoms with Crippen molar-refractivity contribution < 1.29 is 32.6 Å². The molecule has 8 heteroatoms. The van der Waals surface area contributed by atoms with Crippen LogP contribution < -0.4 is 14.8 Å². The second kappa shape index (κ2) is 11.1. The van der Waals surface area contributed by atoms with Gasteiger partial charge in [0.25, 0.3) is 5.91 Å². The Hall–Kier alpha value is -3.16. The van der Waals surface area contributed by atoms with Gasteiger partial charge in [-0.05, 0) is 50.5 Å². The lowest BCUT2D eigenvalue weighted by atomic mass is 10.1. The first-order chi connectivity index (χ1) is 14.3. The fourth-order valence-corrected chi connectivity index (χ4v) is 2.73. The van der Waals surface area contributed by atoms with E-state index in [-0.39, 0.29) is 23.1 Å². The van der Waals surface area contributed by atoms with Crippen molar-refractivity contribution in [2.45, 2.75) is 45.4 Å². The van der Waals surface area contributed by atoms with Crippen molar-refractivity contribution in [3.05, 3.63) is 59.7 Å². The predicted molar refractivity (Wildman–Crippen MR) is 107 cm³/mol. The highest BCUT2D eigenvalue weighted by Gasteiger charge is 2.22. The van der Waals surface area contributed by atoms with Crippen LogP contribution in [0, 0.1) is 0 Å². The highest BCUT2D eigenvalue weighted by atomic mass is 19.3. The molecule has 0 spiro atoms. The molecule has 2 rings (SSSR count). The standard InChI is InChI=1S/C22H25F2NO5/c1-14(9-10-16-7-5-4-6-8-16)25-20(26)15(2)29-21(27)17-11-12-18(30-22(23)24)19(13-17)28-3/h4-8,11-15,22H,9-10H2,1-3H3,(H,25,26)/t14-,15-/m0/s1. The molecular formula is C22H25F2NO5. The van der Waals surface area contributed by atoms with Crippen LogP contribution in [0.5, 0.6) is 11.5 Å². The molecule has 0 bridgehead atoms. The van der Waals surface area contributed by atoms with E-state index in [4.69, 9.17) is 9.47 Å². The molecule has 2 aromatic carbocycles. The Kier molecular flexibility index (Phi) is 8.58. The normalized spacial score (nSPS) is 12.7. The lowest BCUT2D eigenvalue weighted by Crippen LogP contribution is -2.41. The first kappa shape index (κ1) is 23.1. The summed E-state index contributed by atoms with van der Waals surface area (Å²) in [5, 5.41) is 2.82. The summed E-state index contributed by atoms with van der Waals surface area (Å²) < 4.78 is 39.3. The van der Waals surface area contributed by atoms with E-state index in [9.17, 15) is 18.4 Å². The molecule has 1 amide bonds. The van der Waals surface area contributed by atoms with E-state index in [0.717, 1.165) is 12.8 Å². The average Bonchev–Trinajstić information content (AvgIpc) is 2.72. The fourth-order valence-electron chi connectivity index (χ4n) is 2.73. The maximum Gasteiger partial charge on any atom is 0.387 e. The summed E-state index contributed by atoms with van der Waals surface area (Å²) in [7, 11) is 1.26. The molecule has 2 aromatic rings. The van der Waals surface area contributed by atoms with Crippen molar-refractivity contribution >= 4 is 11.9 Å². The summed E-state index contributed by atoms with van der Waals surface area (Å²) in [6, 6.07) is 13.4. The molecule has 0 heterocycles. The minimum atomic E-state index is -3.02. The number of benzene rings is 2. The lowest BCUT2D eigenvalue weighted by molar-refractivity contribution is -0.129. The molecule has 0 fully saturated rings. The number of esters is 1. The van der Waals surface area contributed by atoms with Crippen molar-refractivity contribution in [3.8, 4) is 11.5 Å². The number of hydrogen-bond acceptors (Lipinski definition) is 5. The number of carbonyl (C=O) groups excluding carboxylic acids is 2. The molecule has 2 atom stereocenters. The maximum absolute atomic E-state index is 12.4. The van der Waals surface area contributed by atoms with Gasteiger partial charge in [0.05, 0.1) is 12.7 Å². The molecule has 162 valence electrons. The number of rotatable bonds is 10. The molecule has 0 aromatic heterocycles. The number of halogens is 2. The molecule has 0 saturated carbocycles. The van der Waals surface area contributed by atoms with E-state index in [1.807, 2.05) is 37.3 Å². The van der Waals surface area contributed by atoms with Gasteiger partial charge in [0.2, 0.25) is 0 Å². The molecule has 0 aliphatic heterocycles. The molecule has 6 nitrogen and oxygen atoms in total. The number of hydrogen-bond donors (Lipinski definition) is 1. The Morgan fingerprint density at radius 1 is 1.03 bits per heavy atom. The second-order valence-corrected chi connectivity index (χ2v) is 6.73. The number of methoxy groups -OCH3 is 1. The van der Waals surface area contributed by atoms with Crippen molar-refractivity contribution in [1.29, 1.82) is 0 Å². The van der Waals surface area contributed by atoms with Gasteiger partial charge in [0.15, 0.2) is 17.6 Å². The van der Waals surface area contributed by atoms with Gasteiger partial charge in [-0.25, -0.2) is 4.79 Å². The number of carbonyl (C=O) groups is 2. The SMILES string of the molecule is COc1cc(C(=O)O[C@@H](C)C(=O)N[C@@H](C)CCc2ccccc2)ccc1OC(F)F. The Labute approximate surface area is 174 Å². The molecule has 0 saturated heterocycles. The average molecular weight is 421 g/mol. The summed E-state index contributed by atoms with van der Waals surface area (Å²) in [5.74, 6) is -1.46. The van der Waals surface area contributed by atoms with Gasteiger partial charge in [-0.2, -0.15) is 8.78 Å². The Morgan fingerprint density at radius 2 is 1.73 bits per heavy atom. The minimum absolute atomic E-state index is 0.0450. The smallest absolute Gasteiger partial charge is 0.387 e. The number of amides is 1. The molecule has 0 unspecified atom stereocenters. The van der Waals surface area contributed by atoms with Gasteiger partial charge in [-0.3, -0.25) is 4.79 Å². The van der Waals surface area contributed by atoms with Crippen molar-refractivity contribution in [2.24, 2.45) is 0 Å².